The highest BCUT2D eigenvalue weighted by Crippen LogP contribution is 2.38. The fourth-order valence-electron chi connectivity index (χ4n) is 2.37. The molecule has 0 unspecified atom stereocenters. The van der Waals surface area contributed by atoms with Crippen molar-refractivity contribution in [2.24, 2.45) is 0 Å². The zero-order valence-corrected chi connectivity index (χ0v) is 16.2. The van der Waals surface area contributed by atoms with E-state index >= 15 is 0 Å². The molecule has 9 heteroatoms. The van der Waals surface area contributed by atoms with Gasteiger partial charge >= 0.3 is 0 Å². The van der Waals surface area contributed by atoms with E-state index < -0.39 is 5.91 Å². The molecule has 1 aromatic heterocycles. The maximum Gasteiger partial charge on any atom is 0.251 e. The van der Waals surface area contributed by atoms with Crippen molar-refractivity contribution in [1.82, 2.24) is 15.6 Å². The lowest BCUT2D eigenvalue weighted by Crippen LogP contribution is -2.36. The minimum absolute atomic E-state index is 0.181. The summed E-state index contributed by atoms with van der Waals surface area (Å²) in [6, 6.07) is 6.52. The van der Waals surface area contributed by atoms with Crippen molar-refractivity contribution in [2.45, 2.75) is 6.54 Å². The van der Waals surface area contributed by atoms with Gasteiger partial charge in [-0.15, -0.1) is 0 Å². The minimum atomic E-state index is -0.444. The predicted molar refractivity (Wildman–Crippen MR) is 101 cm³/mol. The van der Waals surface area contributed by atoms with Gasteiger partial charge in [0.25, 0.3) is 5.91 Å². The lowest BCUT2D eigenvalue weighted by atomic mass is 10.1. The Labute approximate surface area is 163 Å². The van der Waals surface area contributed by atoms with Gasteiger partial charge in [0.2, 0.25) is 17.5 Å². The van der Waals surface area contributed by atoms with E-state index in [0.29, 0.717) is 23.1 Å². The number of hydrogen-bond donors (Lipinski definition) is 2. The van der Waals surface area contributed by atoms with Crippen LogP contribution in [0, 0.1) is 0 Å². The molecule has 1 heterocycles. The molecule has 2 amide bonds. The van der Waals surface area contributed by atoms with Crippen LogP contribution in [0.2, 0.25) is 0 Å². The molecule has 0 bridgehead atoms. The van der Waals surface area contributed by atoms with E-state index in [-0.39, 0.29) is 24.6 Å². The maximum atomic E-state index is 12.4. The number of nitrogens with zero attached hydrogens (tertiary/aromatic N) is 1. The molecule has 28 heavy (non-hydrogen) atoms. The number of hydrogen-bond acceptors (Lipinski definition) is 7. The van der Waals surface area contributed by atoms with Crippen LogP contribution in [-0.4, -0.2) is 51.8 Å². The number of carbonyl (C=O) groups excluding carboxylic acids is 2. The van der Waals surface area contributed by atoms with E-state index in [2.05, 4.69) is 15.6 Å². The summed E-state index contributed by atoms with van der Waals surface area (Å²) in [5, 5.41) is 5.26. The Kier molecular flexibility index (Phi) is 7.44. The number of methoxy groups -OCH3 is 4. The zero-order valence-electron chi connectivity index (χ0n) is 16.2. The molecule has 0 saturated heterocycles. The monoisotopic (exact) mass is 389 g/mol. The van der Waals surface area contributed by atoms with Crippen LogP contribution in [0.5, 0.6) is 23.1 Å². The topological polar surface area (TPSA) is 108 Å². The SMILES string of the molecule is COc1ccc(CNC(=O)CNC(=O)c2cc(OC)c(OC)c(OC)c2)cn1. The van der Waals surface area contributed by atoms with Gasteiger partial charge in [0.15, 0.2) is 11.5 Å². The first-order valence-corrected chi connectivity index (χ1v) is 8.36. The van der Waals surface area contributed by atoms with Gasteiger partial charge in [-0.1, -0.05) is 6.07 Å². The van der Waals surface area contributed by atoms with Gasteiger partial charge in [0.05, 0.1) is 35.0 Å². The van der Waals surface area contributed by atoms with E-state index in [1.807, 2.05) is 0 Å². The van der Waals surface area contributed by atoms with Crippen LogP contribution in [0.15, 0.2) is 30.5 Å². The summed E-state index contributed by atoms with van der Waals surface area (Å²) in [4.78, 5) is 28.4. The van der Waals surface area contributed by atoms with Crippen LogP contribution in [0.1, 0.15) is 15.9 Å². The second kappa shape index (κ2) is 10.0. The Bertz CT molecular complexity index is 798. The molecule has 9 nitrogen and oxygen atoms in total. The first-order valence-electron chi connectivity index (χ1n) is 8.36. The summed E-state index contributed by atoms with van der Waals surface area (Å²) in [6.45, 7) is 0.106. The van der Waals surface area contributed by atoms with Crippen molar-refractivity contribution in [3.05, 3.63) is 41.6 Å². The normalized spacial score (nSPS) is 10.0. The van der Waals surface area contributed by atoms with Gasteiger partial charge in [-0.25, -0.2) is 4.98 Å². The summed E-state index contributed by atoms with van der Waals surface area (Å²) in [7, 11) is 5.92. The summed E-state index contributed by atoms with van der Waals surface area (Å²) >= 11 is 0. The van der Waals surface area contributed by atoms with Gasteiger partial charge in [0.1, 0.15) is 0 Å². The lowest BCUT2D eigenvalue weighted by Gasteiger charge is -2.14. The van der Waals surface area contributed by atoms with Crippen LogP contribution in [-0.2, 0) is 11.3 Å². The van der Waals surface area contributed by atoms with Crippen LogP contribution in [0.3, 0.4) is 0 Å². The fourth-order valence-corrected chi connectivity index (χ4v) is 2.37. The van der Waals surface area contributed by atoms with Crippen molar-refractivity contribution < 1.29 is 28.5 Å². The molecule has 150 valence electrons. The summed E-state index contributed by atoms with van der Waals surface area (Å²) in [6.07, 6.45) is 1.60. The molecule has 2 aromatic rings. The molecule has 1 aromatic carbocycles. The Morgan fingerprint density at radius 3 is 2.11 bits per heavy atom. The molecule has 0 radical (unpaired) electrons. The summed E-state index contributed by atoms with van der Waals surface area (Å²) in [5.74, 6) is 0.795. The first kappa shape index (κ1) is 20.8. The molecule has 2 rings (SSSR count). The molecule has 0 aliphatic heterocycles. The van der Waals surface area contributed by atoms with Crippen molar-refractivity contribution in [3.63, 3.8) is 0 Å². The second-order valence-electron chi connectivity index (χ2n) is 5.58. The predicted octanol–water partition coefficient (Wildman–Crippen LogP) is 1.16. The molecule has 0 aliphatic carbocycles. The fraction of sp³-hybridized carbons (Fsp3) is 0.316. The maximum absolute atomic E-state index is 12.4. The van der Waals surface area contributed by atoms with Gasteiger partial charge in [-0.2, -0.15) is 0 Å². The average Bonchev–Trinajstić information content (AvgIpc) is 2.74. The van der Waals surface area contributed by atoms with Gasteiger partial charge in [0, 0.05) is 24.4 Å². The van der Waals surface area contributed by atoms with Crippen molar-refractivity contribution in [3.8, 4) is 23.1 Å². The highest BCUT2D eigenvalue weighted by atomic mass is 16.5. The van der Waals surface area contributed by atoms with Crippen LogP contribution in [0.4, 0.5) is 0 Å². The van der Waals surface area contributed by atoms with E-state index in [4.69, 9.17) is 18.9 Å². The van der Waals surface area contributed by atoms with Gasteiger partial charge in [-0.3, -0.25) is 9.59 Å². The largest absolute Gasteiger partial charge is 0.493 e. The lowest BCUT2D eigenvalue weighted by molar-refractivity contribution is -0.120. The van der Waals surface area contributed by atoms with Crippen LogP contribution in [0.25, 0.3) is 0 Å². The molecular weight excluding hydrogens is 366 g/mol. The van der Waals surface area contributed by atoms with E-state index in [0.717, 1.165) is 5.56 Å². The van der Waals surface area contributed by atoms with Crippen molar-refractivity contribution >= 4 is 11.8 Å². The van der Waals surface area contributed by atoms with E-state index in [1.165, 1.54) is 40.6 Å². The molecule has 0 atom stereocenters. The zero-order chi connectivity index (χ0) is 20.5. The Morgan fingerprint density at radius 2 is 1.61 bits per heavy atom. The third-order valence-electron chi connectivity index (χ3n) is 3.83. The quantitative estimate of drug-likeness (QED) is 0.663. The Morgan fingerprint density at radius 1 is 0.929 bits per heavy atom. The number of aromatic nitrogens is 1. The molecule has 0 aliphatic rings. The smallest absolute Gasteiger partial charge is 0.251 e. The molecule has 0 spiro atoms. The highest BCUT2D eigenvalue weighted by Gasteiger charge is 2.17. The highest BCUT2D eigenvalue weighted by molar-refractivity contribution is 5.97. The van der Waals surface area contributed by atoms with Crippen LogP contribution < -0.4 is 29.6 Å². The molecular formula is C19H23N3O6. The number of ether oxygens (including phenoxy) is 4. The van der Waals surface area contributed by atoms with Crippen LogP contribution >= 0.6 is 0 Å². The number of nitrogens with one attached hydrogen (secondary N) is 2. The third kappa shape index (κ3) is 5.26. The standard InChI is InChI=1S/C19H23N3O6/c1-25-14-7-13(8-15(26-2)18(14)28-4)19(24)22-11-16(23)20-9-12-5-6-17(27-3)21-10-12/h5-8,10H,9,11H2,1-4H3,(H,20,23)(H,22,24). The van der Waals surface area contributed by atoms with Crippen molar-refractivity contribution in [2.75, 3.05) is 35.0 Å². The Balaban J connectivity index is 1.92. The number of rotatable bonds is 9. The van der Waals surface area contributed by atoms with E-state index in [1.54, 1.807) is 18.3 Å². The number of benzene rings is 1. The van der Waals surface area contributed by atoms with Crippen molar-refractivity contribution in [1.29, 1.82) is 0 Å². The van der Waals surface area contributed by atoms with Gasteiger partial charge < -0.3 is 29.6 Å². The minimum Gasteiger partial charge on any atom is -0.493 e. The van der Waals surface area contributed by atoms with Gasteiger partial charge in [-0.05, 0) is 17.7 Å². The molecule has 0 saturated carbocycles. The number of amides is 2. The first-order chi connectivity index (χ1) is 13.5. The Hall–Kier alpha value is -3.49. The number of carbonyl (C=O) groups is 2. The third-order valence-corrected chi connectivity index (χ3v) is 3.83. The molecule has 2 N–H and O–H groups in total. The average molecular weight is 389 g/mol. The van der Waals surface area contributed by atoms with E-state index in [9.17, 15) is 9.59 Å². The second-order valence-corrected chi connectivity index (χ2v) is 5.58. The summed E-state index contributed by atoms with van der Waals surface area (Å²) in [5.41, 5.74) is 1.09. The summed E-state index contributed by atoms with van der Waals surface area (Å²) < 4.78 is 20.6. The number of pyridine rings is 1. The molecule has 0 fully saturated rings.